The SMILES string of the molecule is CN1C(=O)C(C)(C)c2cc(C(=O)CCCO)ccc21. The van der Waals surface area contributed by atoms with Crippen LogP contribution in [0.25, 0.3) is 0 Å². The van der Waals surface area contributed by atoms with E-state index in [1.807, 2.05) is 26.0 Å². The molecule has 0 atom stereocenters. The van der Waals surface area contributed by atoms with Crippen molar-refractivity contribution in [3.63, 3.8) is 0 Å². The zero-order valence-electron chi connectivity index (χ0n) is 11.6. The van der Waals surface area contributed by atoms with Crippen molar-refractivity contribution < 1.29 is 14.7 Å². The summed E-state index contributed by atoms with van der Waals surface area (Å²) < 4.78 is 0. The highest BCUT2D eigenvalue weighted by Gasteiger charge is 2.42. The Balaban J connectivity index is 2.38. The Kier molecular flexibility index (Phi) is 3.45. The fraction of sp³-hybridized carbons (Fsp3) is 0.467. The maximum absolute atomic E-state index is 12.1. The van der Waals surface area contributed by atoms with Crippen LogP contribution in [0.15, 0.2) is 18.2 Å². The van der Waals surface area contributed by atoms with Crippen molar-refractivity contribution in [3.05, 3.63) is 29.3 Å². The number of carbonyl (C=O) groups excluding carboxylic acids is 2. The second-order valence-corrected chi connectivity index (χ2v) is 5.47. The number of fused-ring (bicyclic) bond motifs is 1. The molecule has 0 radical (unpaired) electrons. The van der Waals surface area contributed by atoms with Crippen LogP contribution in [0.4, 0.5) is 5.69 Å². The summed E-state index contributed by atoms with van der Waals surface area (Å²) in [7, 11) is 1.75. The maximum atomic E-state index is 12.1. The van der Waals surface area contributed by atoms with Crippen molar-refractivity contribution in [1.82, 2.24) is 0 Å². The third-order valence-corrected chi connectivity index (χ3v) is 3.75. The molecular formula is C15H19NO3. The van der Waals surface area contributed by atoms with Gasteiger partial charge in [0.05, 0.1) is 5.41 Å². The summed E-state index contributed by atoms with van der Waals surface area (Å²) >= 11 is 0. The van der Waals surface area contributed by atoms with Gasteiger partial charge in [0, 0.05) is 31.3 Å². The monoisotopic (exact) mass is 261 g/mol. The van der Waals surface area contributed by atoms with Crippen LogP contribution in [0.3, 0.4) is 0 Å². The summed E-state index contributed by atoms with van der Waals surface area (Å²) in [5, 5.41) is 8.77. The number of hydrogen-bond donors (Lipinski definition) is 1. The quantitative estimate of drug-likeness (QED) is 0.842. The van der Waals surface area contributed by atoms with Crippen molar-refractivity contribution >= 4 is 17.4 Å². The first-order chi connectivity index (χ1) is 8.89. The van der Waals surface area contributed by atoms with Gasteiger partial charge in [0.2, 0.25) is 5.91 Å². The van der Waals surface area contributed by atoms with Crippen LogP contribution in [0.2, 0.25) is 0 Å². The number of benzene rings is 1. The summed E-state index contributed by atoms with van der Waals surface area (Å²) in [4.78, 5) is 25.7. The number of likely N-dealkylation sites (N-methyl/N-ethyl adjacent to an activating group) is 1. The van der Waals surface area contributed by atoms with Gasteiger partial charge in [0.1, 0.15) is 0 Å². The van der Waals surface area contributed by atoms with Crippen LogP contribution >= 0.6 is 0 Å². The number of amides is 1. The highest BCUT2D eigenvalue weighted by atomic mass is 16.3. The molecule has 0 bridgehead atoms. The highest BCUT2D eigenvalue weighted by molar-refractivity contribution is 6.08. The van der Waals surface area contributed by atoms with Gasteiger partial charge in [0.25, 0.3) is 0 Å². The Bertz CT molecular complexity index is 534. The second-order valence-electron chi connectivity index (χ2n) is 5.47. The molecule has 4 nitrogen and oxygen atoms in total. The van der Waals surface area contributed by atoms with Gasteiger partial charge < -0.3 is 10.0 Å². The fourth-order valence-electron chi connectivity index (χ4n) is 2.53. The number of rotatable bonds is 4. The Morgan fingerprint density at radius 1 is 1.37 bits per heavy atom. The lowest BCUT2D eigenvalue weighted by Gasteiger charge is -2.16. The summed E-state index contributed by atoms with van der Waals surface area (Å²) in [6.07, 6.45) is 0.803. The third-order valence-electron chi connectivity index (χ3n) is 3.75. The first kappa shape index (κ1) is 13.7. The van der Waals surface area contributed by atoms with E-state index < -0.39 is 5.41 Å². The number of Topliss-reactive ketones (excluding diaryl/α,β-unsaturated/α-hetero) is 1. The Morgan fingerprint density at radius 3 is 2.68 bits per heavy atom. The molecular weight excluding hydrogens is 242 g/mol. The lowest BCUT2D eigenvalue weighted by molar-refractivity contribution is -0.121. The van der Waals surface area contributed by atoms with E-state index in [0.717, 1.165) is 11.3 Å². The molecule has 1 aliphatic rings. The molecule has 0 unspecified atom stereocenters. The molecule has 2 rings (SSSR count). The van der Waals surface area contributed by atoms with E-state index >= 15 is 0 Å². The molecule has 1 amide bonds. The number of aliphatic hydroxyl groups is 1. The van der Waals surface area contributed by atoms with E-state index in [2.05, 4.69) is 0 Å². The van der Waals surface area contributed by atoms with Crippen LogP contribution in [0.5, 0.6) is 0 Å². The average molecular weight is 261 g/mol. The van der Waals surface area contributed by atoms with Gasteiger partial charge in [-0.3, -0.25) is 9.59 Å². The van der Waals surface area contributed by atoms with Crippen molar-refractivity contribution in [2.75, 3.05) is 18.6 Å². The van der Waals surface area contributed by atoms with E-state index in [0.29, 0.717) is 18.4 Å². The average Bonchev–Trinajstić information content (AvgIpc) is 2.57. The molecule has 0 saturated carbocycles. The topological polar surface area (TPSA) is 57.6 Å². The van der Waals surface area contributed by atoms with Crippen molar-refractivity contribution in [2.45, 2.75) is 32.1 Å². The summed E-state index contributed by atoms with van der Waals surface area (Å²) in [5.74, 6) is 0.0529. The highest BCUT2D eigenvalue weighted by Crippen LogP contribution is 2.41. The van der Waals surface area contributed by atoms with Crippen LogP contribution in [-0.4, -0.2) is 30.5 Å². The molecule has 0 aromatic heterocycles. The van der Waals surface area contributed by atoms with Gasteiger partial charge in [-0.15, -0.1) is 0 Å². The number of hydrogen-bond acceptors (Lipinski definition) is 3. The number of carbonyl (C=O) groups is 2. The molecule has 19 heavy (non-hydrogen) atoms. The lowest BCUT2D eigenvalue weighted by Crippen LogP contribution is -2.33. The minimum Gasteiger partial charge on any atom is -0.396 e. The van der Waals surface area contributed by atoms with Crippen LogP contribution < -0.4 is 4.90 Å². The van der Waals surface area contributed by atoms with Gasteiger partial charge in [-0.1, -0.05) is 0 Å². The standard InChI is InChI=1S/C15H19NO3/c1-15(2)11-9-10(13(18)5-4-8-17)6-7-12(11)16(3)14(15)19/h6-7,9,17H,4-5,8H2,1-3H3. The summed E-state index contributed by atoms with van der Waals surface area (Å²) in [6.45, 7) is 3.77. The summed E-state index contributed by atoms with van der Waals surface area (Å²) in [5.41, 5.74) is 1.80. The predicted molar refractivity (Wildman–Crippen MR) is 73.5 cm³/mol. The molecule has 1 N–H and O–H groups in total. The first-order valence-electron chi connectivity index (χ1n) is 6.46. The molecule has 102 valence electrons. The van der Waals surface area contributed by atoms with Gasteiger partial charge in [0.15, 0.2) is 5.78 Å². The van der Waals surface area contributed by atoms with Crippen molar-refractivity contribution in [3.8, 4) is 0 Å². The smallest absolute Gasteiger partial charge is 0.236 e. The number of ketones is 1. The van der Waals surface area contributed by atoms with Crippen molar-refractivity contribution in [1.29, 1.82) is 0 Å². The van der Waals surface area contributed by atoms with E-state index in [1.165, 1.54) is 0 Å². The summed E-state index contributed by atoms with van der Waals surface area (Å²) in [6, 6.07) is 5.40. The number of nitrogens with zero attached hydrogens (tertiary/aromatic N) is 1. The third kappa shape index (κ3) is 2.16. The van der Waals surface area contributed by atoms with Crippen LogP contribution in [0, 0.1) is 0 Å². The molecule has 1 aliphatic heterocycles. The lowest BCUT2D eigenvalue weighted by atomic mass is 9.85. The zero-order chi connectivity index (χ0) is 14.2. The normalized spacial score (nSPS) is 16.6. The van der Waals surface area contributed by atoms with Gasteiger partial charge in [-0.25, -0.2) is 0 Å². The largest absolute Gasteiger partial charge is 0.396 e. The zero-order valence-corrected chi connectivity index (χ0v) is 11.6. The molecule has 1 aromatic rings. The number of aliphatic hydroxyl groups excluding tert-OH is 1. The van der Waals surface area contributed by atoms with E-state index in [9.17, 15) is 9.59 Å². The molecule has 4 heteroatoms. The minimum absolute atomic E-state index is 0.00894. The van der Waals surface area contributed by atoms with E-state index in [1.54, 1.807) is 18.0 Å². The van der Waals surface area contributed by atoms with E-state index in [4.69, 9.17) is 5.11 Å². The molecule has 0 aliphatic carbocycles. The Morgan fingerprint density at radius 2 is 2.05 bits per heavy atom. The molecule has 1 aromatic carbocycles. The van der Waals surface area contributed by atoms with Crippen LogP contribution in [0.1, 0.15) is 42.6 Å². The van der Waals surface area contributed by atoms with Gasteiger partial charge in [-0.05, 0) is 44.0 Å². The Labute approximate surface area is 113 Å². The molecule has 0 spiro atoms. The maximum Gasteiger partial charge on any atom is 0.236 e. The Hall–Kier alpha value is -1.68. The molecule has 1 heterocycles. The first-order valence-corrected chi connectivity index (χ1v) is 6.46. The predicted octanol–water partition coefficient (Wildman–Crippen LogP) is 1.90. The molecule has 0 fully saturated rings. The van der Waals surface area contributed by atoms with Crippen molar-refractivity contribution in [2.24, 2.45) is 0 Å². The van der Waals surface area contributed by atoms with Gasteiger partial charge >= 0.3 is 0 Å². The fourth-order valence-corrected chi connectivity index (χ4v) is 2.53. The minimum atomic E-state index is -0.586. The van der Waals surface area contributed by atoms with E-state index in [-0.39, 0.29) is 18.3 Å². The molecule has 0 saturated heterocycles. The van der Waals surface area contributed by atoms with Crippen LogP contribution in [-0.2, 0) is 10.2 Å². The second kappa shape index (κ2) is 4.78. The van der Waals surface area contributed by atoms with Gasteiger partial charge in [-0.2, -0.15) is 0 Å². The number of anilines is 1.